The van der Waals surface area contributed by atoms with Crippen LogP contribution in [0.3, 0.4) is 0 Å². The van der Waals surface area contributed by atoms with Gasteiger partial charge in [-0.2, -0.15) is 0 Å². The van der Waals surface area contributed by atoms with Crippen molar-refractivity contribution in [3.63, 3.8) is 0 Å². The summed E-state index contributed by atoms with van der Waals surface area (Å²) in [6.45, 7) is -4.50. The number of carboxylic acids is 8. The molecule has 0 heterocycles. The standard InChI is InChI=1S/2C10H16N2O8.Fe.H3N/c2*13-7(14)3-11(4-8(15)16)1-2-12(5-9(17)18)6-10(19)20;;/h2*1-6H2,(H,13,14)(H,15,16)(H,17,18)(H,19,20);;1H3. The molecule has 0 radical (unpaired) electrons. The van der Waals surface area contributed by atoms with Gasteiger partial charge in [-0.05, 0) is 0 Å². The number of hydrogen-bond acceptors (Lipinski definition) is 13. The van der Waals surface area contributed by atoms with E-state index < -0.39 is 100 Å². The van der Waals surface area contributed by atoms with Gasteiger partial charge in [-0.3, -0.25) is 58.0 Å². The second-order valence-corrected chi connectivity index (χ2v) is 7.99. The number of hydrogen-bond donors (Lipinski definition) is 9. The van der Waals surface area contributed by atoms with E-state index in [2.05, 4.69) is 0 Å². The van der Waals surface area contributed by atoms with Crippen molar-refractivity contribution in [1.82, 2.24) is 25.8 Å². The van der Waals surface area contributed by atoms with Gasteiger partial charge in [0.1, 0.15) is 0 Å². The maximum atomic E-state index is 10.6. The first-order valence-corrected chi connectivity index (χ1v) is 11.0. The molecule has 0 saturated carbocycles. The van der Waals surface area contributed by atoms with Crippen LogP contribution in [0.25, 0.3) is 0 Å². The Bertz CT molecular complexity index is 713. The molecular formula is C20H35FeN5O16. The summed E-state index contributed by atoms with van der Waals surface area (Å²) in [4.78, 5) is 88.7. The smallest absolute Gasteiger partial charge is 0.317 e. The Morgan fingerprint density at radius 1 is 0.310 bits per heavy atom. The van der Waals surface area contributed by atoms with Crippen LogP contribution in [0, 0.1) is 0 Å². The second-order valence-electron chi connectivity index (χ2n) is 7.99. The van der Waals surface area contributed by atoms with E-state index in [9.17, 15) is 38.4 Å². The molecular weight excluding hydrogens is 622 g/mol. The van der Waals surface area contributed by atoms with Crippen LogP contribution in [0.1, 0.15) is 0 Å². The Morgan fingerprint density at radius 3 is 0.476 bits per heavy atom. The topological polar surface area (TPSA) is 346 Å². The first kappa shape index (κ1) is 45.1. The fraction of sp³-hybridized carbons (Fsp3) is 0.600. The van der Waals surface area contributed by atoms with Crippen LogP contribution in [0.2, 0.25) is 0 Å². The van der Waals surface area contributed by atoms with Crippen LogP contribution in [-0.4, -0.2) is 187 Å². The molecule has 0 unspecified atom stereocenters. The van der Waals surface area contributed by atoms with Gasteiger partial charge in [-0.15, -0.1) is 0 Å². The van der Waals surface area contributed by atoms with Crippen molar-refractivity contribution < 1.29 is 96.3 Å². The summed E-state index contributed by atoms with van der Waals surface area (Å²) in [5.74, 6) is -9.82. The Kier molecular flexibility index (Phi) is 26.7. The monoisotopic (exact) mass is 657 g/mol. The molecule has 0 atom stereocenters. The van der Waals surface area contributed by atoms with Crippen LogP contribution < -0.4 is 6.15 Å². The average molecular weight is 657 g/mol. The van der Waals surface area contributed by atoms with Gasteiger partial charge in [0.2, 0.25) is 0 Å². The van der Waals surface area contributed by atoms with Crippen molar-refractivity contribution in [1.29, 1.82) is 0 Å². The van der Waals surface area contributed by atoms with Gasteiger partial charge in [0.15, 0.2) is 0 Å². The van der Waals surface area contributed by atoms with Gasteiger partial charge < -0.3 is 47.0 Å². The van der Waals surface area contributed by atoms with Crippen molar-refractivity contribution in [2.75, 3.05) is 78.5 Å². The average Bonchev–Trinajstić information content (AvgIpc) is 2.72. The maximum Gasteiger partial charge on any atom is 0.317 e. The maximum absolute atomic E-state index is 10.6. The predicted octanol–water partition coefficient (Wildman–Crippen LogP) is -3.98. The second kappa shape index (κ2) is 24.8. The molecule has 0 aliphatic carbocycles. The van der Waals surface area contributed by atoms with Crippen LogP contribution in [-0.2, 0) is 55.4 Å². The minimum Gasteiger partial charge on any atom is -0.480 e. The molecule has 0 amide bonds. The number of rotatable bonds is 22. The Labute approximate surface area is 248 Å². The third-order valence-corrected chi connectivity index (χ3v) is 4.34. The van der Waals surface area contributed by atoms with Crippen molar-refractivity contribution >= 4 is 47.8 Å². The summed E-state index contributed by atoms with van der Waals surface area (Å²) in [5.41, 5.74) is 0. The van der Waals surface area contributed by atoms with Gasteiger partial charge in [-0.25, -0.2) is 0 Å². The van der Waals surface area contributed by atoms with Crippen molar-refractivity contribution in [2.24, 2.45) is 0 Å². The first-order chi connectivity index (χ1) is 18.4. The fourth-order valence-electron chi connectivity index (χ4n) is 2.95. The zero-order valence-electron chi connectivity index (χ0n) is 22.2. The number of carbonyl (C=O) groups is 8. The fourth-order valence-corrected chi connectivity index (χ4v) is 2.95. The van der Waals surface area contributed by atoms with Crippen LogP contribution >= 0.6 is 0 Å². The van der Waals surface area contributed by atoms with E-state index in [0.29, 0.717) is 0 Å². The van der Waals surface area contributed by atoms with Gasteiger partial charge >= 0.3 is 47.8 Å². The molecule has 11 N–H and O–H groups in total. The van der Waals surface area contributed by atoms with Gasteiger partial charge in [0.05, 0.1) is 52.4 Å². The molecule has 0 aromatic heterocycles. The molecule has 0 spiro atoms. The van der Waals surface area contributed by atoms with Crippen molar-refractivity contribution in [3.05, 3.63) is 0 Å². The minimum absolute atomic E-state index is 0. The van der Waals surface area contributed by atoms with E-state index in [0.717, 1.165) is 19.6 Å². The first-order valence-electron chi connectivity index (χ1n) is 11.0. The molecule has 0 rings (SSSR count). The molecule has 0 bridgehead atoms. The summed E-state index contributed by atoms with van der Waals surface area (Å²) in [6.07, 6.45) is 0. The summed E-state index contributed by atoms with van der Waals surface area (Å²) in [7, 11) is 0. The predicted molar refractivity (Wildman–Crippen MR) is 132 cm³/mol. The Balaban J connectivity index is -0.000000328. The Hall–Kier alpha value is -3.92. The number of nitrogens with zero attached hydrogens (tertiary/aromatic N) is 4. The molecule has 0 aromatic rings. The third-order valence-electron chi connectivity index (χ3n) is 4.34. The molecule has 21 nitrogen and oxygen atoms in total. The molecule has 0 aliphatic heterocycles. The van der Waals surface area contributed by atoms with E-state index in [4.69, 9.17) is 40.9 Å². The van der Waals surface area contributed by atoms with E-state index in [1.54, 1.807) is 0 Å². The van der Waals surface area contributed by atoms with E-state index in [1.165, 1.54) is 0 Å². The summed E-state index contributed by atoms with van der Waals surface area (Å²) >= 11 is 0. The minimum atomic E-state index is -1.23. The van der Waals surface area contributed by atoms with Crippen LogP contribution in [0.5, 0.6) is 0 Å². The SMILES string of the molecule is N.O=C(O)CN(CCN(CC(=O)O)CC(=O)O)CC(=O)O.O=C(O)CN(CCN(CC(=O)O)CC(=O)O)CC(=O)O.[Fe]. The summed E-state index contributed by atoms with van der Waals surface area (Å²) in [6, 6.07) is 0. The Morgan fingerprint density at radius 2 is 0.405 bits per heavy atom. The van der Waals surface area contributed by atoms with Crippen LogP contribution in [0.15, 0.2) is 0 Å². The molecule has 22 heteroatoms. The zero-order valence-corrected chi connectivity index (χ0v) is 23.3. The van der Waals surface area contributed by atoms with E-state index in [1.807, 2.05) is 0 Å². The number of aliphatic carboxylic acids is 8. The molecule has 42 heavy (non-hydrogen) atoms. The van der Waals surface area contributed by atoms with Crippen molar-refractivity contribution in [3.8, 4) is 0 Å². The molecule has 0 aliphatic rings. The molecule has 0 saturated heterocycles. The van der Waals surface area contributed by atoms with Gasteiger partial charge in [0.25, 0.3) is 0 Å². The molecule has 0 fully saturated rings. The van der Waals surface area contributed by atoms with Gasteiger partial charge in [0, 0.05) is 43.2 Å². The number of carboxylic acid groups (broad SMARTS) is 8. The molecule has 0 aromatic carbocycles. The van der Waals surface area contributed by atoms with E-state index in [-0.39, 0.29) is 49.4 Å². The summed E-state index contributed by atoms with van der Waals surface area (Å²) in [5, 5.41) is 68.9. The van der Waals surface area contributed by atoms with Crippen molar-refractivity contribution in [2.45, 2.75) is 0 Å². The summed E-state index contributed by atoms with van der Waals surface area (Å²) < 4.78 is 0. The quantitative estimate of drug-likeness (QED) is 0.0501. The normalized spacial score (nSPS) is 10.2. The zero-order chi connectivity index (χ0) is 31.4. The largest absolute Gasteiger partial charge is 0.480 e. The van der Waals surface area contributed by atoms with Gasteiger partial charge in [-0.1, -0.05) is 0 Å². The van der Waals surface area contributed by atoms with E-state index >= 15 is 0 Å². The van der Waals surface area contributed by atoms with Crippen LogP contribution in [0.4, 0.5) is 0 Å². The molecule has 244 valence electrons. The third kappa shape index (κ3) is 30.6.